The summed E-state index contributed by atoms with van der Waals surface area (Å²) in [4.78, 5) is 4.83. The van der Waals surface area contributed by atoms with Gasteiger partial charge in [-0.05, 0) is 24.3 Å². The van der Waals surface area contributed by atoms with E-state index in [9.17, 15) is 0 Å². The van der Waals surface area contributed by atoms with Crippen LogP contribution in [-0.4, -0.2) is 47.4 Å². The van der Waals surface area contributed by atoms with Crippen LogP contribution in [0.5, 0.6) is 0 Å². The lowest BCUT2D eigenvalue weighted by atomic mass is 10.2. The smallest absolute Gasteiger partial charge is 0.159 e. The molecule has 0 bridgehead atoms. The molecule has 1 aliphatic heterocycles. The molecular formula is C20H22N4. The molecule has 0 unspecified atom stereocenters. The number of aromatic nitrogens is 2. The Hall–Kier alpha value is -2.59. The fourth-order valence-electron chi connectivity index (χ4n) is 3.37. The molecule has 1 aliphatic rings. The summed E-state index contributed by atoms with van der Waals surface area (Å²) in [5.41, 5.74) is 2.26. The van der Waals surface area contributed by atoms with Gasteiger partial charge in [0.15, 0.2) is 5.82 Å². The van der Waals surface area contributed by atoms with Crippen LogP contribution in [-0.2, 0) is 0 Å². The van der Waals surface area contributed by atoms with Crippen molar-refractivity contribution in [3.05, 3.63) is 67.3 Å². The van der Waals surface area contributed by atoms with Gasteiger partial charge in [0, 0.05) is 38.1 Å². The highest BCUT2D eigenvalue weighted by Gasteiger charge is 2.21. The van der Waals surface area contributed by atoms with Crippen LogP contribution in [0.25, 0.3) is 16.6 Å². The zero-order valence-electron chi connectivity index (χ0n) is 13.8. The van der Waals surface area contributed by atoms with Gasteiger partial charge in [0.1, 0.15) is 0 Å². The highest BCUT2D eigenvalue weighted by atomic mass is 15.4. The minimum absolute atomic E-state index is 0.965. The summed E-state index contributed by atoms with van der Waals surface area (Å²) in [5, 5.41) is 6.18. The lowest BCUT2D eigenvalue weighted by Crippen LogP contribution is -2.46. The van der Waals surface area contributed by atoms with E-state index < -0.39 is 0 Å². The Balaban J connectivity index is 1.71. The third-order valence-electron chi connectivity index (χ3n) is 4.63. The summed E-state index contributed by atoms with van der Waals surface area (Å²) in [5.74, 6) is 1.09. The van der Waals surface area contributed by atoms with Crippen molar-refractivity contribution in [2.75, 3.05) is 37.6 Å². The van der Waals surface area contributed by atoms with Crippen LogP contribution in [0.1, 0.15) is 0 Å². The van der Waals surface area contributed by atoms with E-state index in [4.69, 9.17) is 5.10 Å². The van der Waals surface area contributed by atoms with Gasteiger partial charge in [-0.2, -0.15) is 0 Å². The first-order valence-corrected chi connectivity index (χ1v) is 8.48. The quantitative estimate of drug-likeness (QED) is 0.690. The Kier molecular flexibility index (Phi) is 4.05. The topological polar surface area (TPSA) is 24.3 Å². The molecular weight excluding hydrogens is 296 g/mol. The highest BCUT2D eigenvalue weighted by Crippen LogP contribution is 2.29. The number of fused-ring (bicyclic) bond motifs is 1. The molecule has 0 amide bonds. The Labute approximate surface area is 142 Å². The largest absolute Gasteiger partial charge is 0.352 e. The zero-order valence-corrected chi connectivity index (χ0v) is 13.8. The van der Waals surface area contributed by atoms with Gasteiger partial charge in [-0.15, -0.1) is 11.7 Å². The van der Waals surface area contributed by atoms with Crippen molar-refractivity contribution in [1.29, 1.82) is 0 Å². The van der Waals surface area contributed by atoms with Crippen molar-refractivity contribution in [3.8, 4) is 5.69 Å². The van der Waals surface area contributed by atoms with Gasteiger partial charge in [-0.25, -0.2) is 4.68 Å². The molecule has 1 saturated heterocycles. The number of anilines is 1. The van der Waals surface area contributed by atoms with E-state index in [1.54, 1.807) is 0 Å². The second kappa shape index (κ2) is 6.49. The van der Waals surface area contributed by atoms with E-state index in [0.717, 1.165) is 49.7 Å². The third kappa shape index (κ3) is 2.69. The van der Waals surface area contributed by atoms with Crippen LogP contribution in [0.4, 0.5) is 5.82 Å². The molecule has 0 N–H and O–H groups in total. The highest BCUT2D eigenvalue weighted by molar-refractivity contribution is 5.91. The minimum atomic E-state index is 0.965. The van der Waals surface area contributed by atoms with Crippen molar-refractivity contribution in [2.45, 2.75) is 0 Å². The summed E-state index contributed by atoms with van der Waals surface area (Å²) in [7, 11) is 0. The normalized spacial score (nSPS) is 15.8. The van der Waals surface area contributed by atoms with E-state index in [2.05, 4.69) is 69.6 Å². The van der Waals surface area contributed by atoms with Gasteiger partial charge >= 0.3 is 0 Å². The minimum Gasteiger partial charge on any atom is -0.352 e. The zero-order chi connectivity index (χ0) is 16.4. The average molecular weight is 318 g/mol. The second-order valence-corrected chi connectivity index (χ2v) is 6.16. The Morgan fingerprint density at radius 2 is 1.62 bits per heavy atom. The average Bonchev–Trinajstić information content (AvgIpc) is 3.03. The van der Waals surface area contributed by atoms with Gasteiger partial charge in [0.2, 0.25) is 0 Å². The summed E-state index contributed by atoms with van der Waals surface area (Å²) >= 11 is 0. The predicted molar refractivity (Wildman–Crippen MR) is 99.9 cm³/mol. The lowest BCUT2D eigenvalue weighted by molar-refractivity contribution is 0.283. The van der Waals surface area contributed by atoms with Crippen LogP contribution in [0.15, 0.2) is 67.3 Å². The lowest BCUT2D eigenvalue weighted by Gasteiger charge is -2.34. The van der Waals surface area contributed by atoms with Gasteiger partial charge in [-0.3, -0.25) is 4.90 Å². The Morgan fingerprint density at radius 3 is 2.38 bits per heavy atom. The van der Waals surface area contributed by atoms with Crippen LogP contribution in [0, 0.1) is 0 Å². The van der Waals surface area contributed by atoms with E-state index in [1.807, 2.05) is 12.1 Å². The molecule has 4 rings (SSSR count). The van der Waals surface area contributed by atoms with Crippen LogP contribution in [0.2, 0.25) is 0 Å². The predicted octanol–water partition coefficient (Wildman–Crippen LogP) is 3.33. The third-order valence-corrected chi connectivity index (χ3v) is 4.63. The molecule has 0 aliphatic carbocycles. The number of para-hydroxylation sites is 2. The summed E-state index contributed by atoms with van der Waals surface area (Å²) < 4.78 is 2.06. The number of hydrogen-bond donors (Lipinski definition) is 0. The molecule has 24 heavy (non-hydrogen) atoms. The molecule has 0 atom stereocenters. The molecule has 4 nitrogen and oxygen atoms in total. The van der Waals surface area contributed by atoms with Crippen molar-refractivity contribution in [1.82, 2.24) is 14.7 Å². The fourth-order valence-corrected chi connectivity index (χ4v) is 3.37. The van der Waals surface area contributed by atoms with Crippen LogP contribution >= 0.6 is 0 Å². The summed E-state index contributed by atoms with van der Waals surface area (Å²) in [6.07, 6.45) is 1.98. The van der Waals surface area contributed by atoms with E-state index >= 15 is 0 Å². The molecule has 1 aromatic heterocycles. The van der Waals surface area contributed by atoms with Gasteiger partial charge < -0.3 is 4.90 Å². The first-order valence-electron chi connectivity index (χ1n) is 8.48. The number of piperazine rings is 1. The van der Waals surface area contributed by atoms with Crippen molar-refractivity contribution in [2.24, 2.45) is 0 Å². The van der Waals surface area contributed by atoms with Crippen molar-refractivity contribution in [3.63, 3.8) is 0 Å². The molecule has 0 spiro atoms. The van der Waals surface area contributed by atoms with E-state index in [1.165, 1.54) is 5.39 Å². The summed E-state index contributed by atoms with van der Waals surface area (Å²) in [6.45, 7) is 8.92. The van der Waals surface area contributed by atoms with E-state index in [-0.39, 0.29) is 0 Å². The maximum Gasteiger partial charge on any atom is 0.159 e. The van der Waals surface area contributed by atoms with Gasteiger partial charge in [0.25, 0.3) is 0 Å². The van der Waals surface area contributed by atoms with Crippen molar-refractivity contribution < 1.29 is 0 Å². The fraction of sp³-hybridized carbons (Fsp3) is 0.250. The molecule has 3 aromatic rings. The number of rotatable bonds is 4. The second-order valence-electron chi connectivity index (χ2n) is 6.16. The maximum atomic E-state index is 4.96. The van der Waals surface area contributed by atoms with Crippen LogP contribution < -0.4 is 4.90 Å². The molecule has 122 valence electrons. The molecule has 1 fully saturated rings. The Bertz CT molecular complexity index is 829. The van der Waals surface area contributed by atoms with Gasteiger partial charge in [0.05, 0.1) is 11.2 Å². The van der Waals surface area contributed by atoms with Crippen LogP contribution in [0.3, 0.4) is 0 Å². The summed E-state index contributed by atoms with van der Waals surface area (Å²) in [6, 6.07) is 18.8. The van der Waals surface area contributed by atoms with Crippen molar-refractivity contribution >= 4 is 16.7 Å². The SMILES string of the molecule is C=CCN1CCN(c2nn(-c3ccccc3)c3ccccc23)CC1. The van der Waals surface area contributed by atoms with E-state index in [0.29, 0.717) is 0 Å². The molecule has 0 radical (unpaired) electrons. The standard InChI is InChI=1S/C20H22N4/c1-2-12-22-13-15-23(16-14-22)20-18-10-6-7-11-19(18)24(21-20)17-8-4-3-5-9-17/h2-11H,1,12-16H2. The Morgan fingerprint density at radius 1 is 0.917 bits per heavy atom. The first-order chi connectivity index (χ1) is 11.9. The number of hydrogen-bond acceptors (Lipinski definition) is 3. The number of nitrogens with zero attached hydrogens (tertiary/aromatic N) is 4. The number of benzene rings is 2. The molecule has 2 heterocycles. The molecule has 4 heteroatoms. The maximum absolute atomic E-state index is 4.96. The monoisotopic (exact) mass is 318 g/mol. The molecule has 0 saturated carbocycles. The van der Waals surface area contributed by atoms with Gasteiger partial charge in [-0.1, -0.05) is 36.4 Å². The first kappa shape index (κ1) is 15.0. The molecule has 2 aromatic carbocycles.